The van der Waals surface area contributed by atoms with Crippen molar-refractivity contribution in [2.75, 3.05) is 13.1 Å². The molecule has 0 saturated carbocycles. The van der Waals surface area contributed by atoms with Crippen LogP contribution >= 0.6 is 0 Å². The first-order valence-corrected chi connectivity index (χ1v) is 12.7. The third kappa shape index (κ3) is 3.33. The van der Waals surface area contributed by atoms with Crippen LogP contribution in [-0.2, 0) is 26.9 Å². The second-order valence-electron chi connectivity index (χ2n) is 9.26. The first-order chi connectivity index (χ1) is 15.2. The van der Waals surface area contributed by atoms with Crippen molar-refractivity contribution in [3.05, 3.63) is 77.5 Å². The van der Waals surface area contributed by atoms with Crippen molar-refractivity contribution in [1.29, 1.82) is 0 Å². The summed E-state index contributed by atoms with van der Waals surface area (Å²) in [6, 6.07) is 13.8. The monoisotopic (exact) mass is 450 g/mol. The molecule has 6 heteroatoms. The summed E-state index contributed by atoms with van der Waals surface area (Å²) in [5.74, 6) is 0. The number of piperidine rings is 1. The van der Waals surface area contributed by atoms with Gasteiger partial charge in [0.1, 0.15) is 5.60 Å². The van der Waals surface area contributed by atoms with Gasteiger partial charge in [-0.2, -0.15) is 4.31 Å². The van der Waals surface area contributed by atoms with Gasteiger partial charge in [-0.25, -0.2) is 8.42 Å². The molecule has 1 atom stereocenters. The third-order valence-corrected chi connectivity index (χ3v) is 8.90. The Kier molecular flexibility index (Phi) is 5.08. The van der Waals surface area contributed by atoms with E-state index in [0.29, 0.717) is 30.8 Å². The van der Waals surface area contributed by atoms with Gasteiger partial charge in [0.05, 0.1) is 28.8 Å². The first kappa shape index (κ1) is 21.4. The zero-order chi connectivity index (χ0) is 22.7. The Labute approximate surface area is 190 Å². The van der Waals surface area contributed by atoms with E-state index in [1.54, 1.807) is 16.4 Å². The van der Waals surface area contributed by atoms with Crippen molar-refractivity contribution in [3.63, 3.8) is 0 Å². The van der Waals surface area contributed by atoms with E-state index in [1.165, 1.54) is 22.0 Å². The fraction of sp³-hybridized carbons (Fsp3) is 0.385. The summed E-state index contributed by atoms with van der Waals surface area (Å²) < 4.78 is 37.0. The zero-order valence-corrected chi connectivity index (χ0v) is 19.8. The molecule has 32 heavy (non-hydrogen) atoms. The number of aromatic nitrogens is 1. The van der Waals surface area contributed by atoms with Gasteiger partial charge in [0, 0.05) is 18.5 Å². The van der Waals surface area contributed by atoms with Crippen molar-refractivity contribution in [2.45, 2.75) is 56.8 Å². The number of nitrogens with zero attached hydrogens (tertiary/aromatic N) is 2. The summed E-state index contributed by atoms with van der Waals surface area (Å²) in [5, 5.41) is 1.22. The molecule has 3 heterocycles. The number of hydrogen-bond acceptors (Lipinski definition) is 3. The fourth-order valence-corrected chi connectivity index (χ4v) is 6.84. The summed E-state index contributed by atoms with van der Waals surface area (Å²) in [7, 11) is -3.52. The van der Waals surface area contributed by atoms with Crippen LogP contribution in [0.15, 0.2) is 60.0 Å². The highest BCUT2D eigenvalue weighted by Crippen LogP contribution is 2.45. The SMILES string of the molecule is C=C[C@H]1Cn2c(cc3cc(C)cc(C)c32)C2(CCN(S(=O)(=O)c3ccc(C)cc3)CC2)O1. The number of sulfonamides is 1. The van der Waals surface area contributed by atoms with Gasteiger partial charge in [-0.05, 0) is 63.4 Å². The maximum atomic E-state index is 13.2. The number of aryl methyl sites for hydroxylation is 3. The van der Waals surface area contributed by atoms with Crippen LogP contribution in [0.2, 0.25) is 0 Å². The second-order valence-corrected chi connectivity index (χ2v) is 11.2. The lowest BCUT2D eigenvalue weighted by Gasteiger charge is -2.46. The highest BCUT2D eigenvalue weighted by atomic mass is 32.2. The summed E-state index contributed by atoms with van der Waals surface area (Å²) >= 11 is 0. The zero-order valence-electron chi connectivity index (χ0n) is 19.0. The number of rotatable bonds is 3. The molecule has 2 aromatic carbocycles. The van der Waals surface area contributed by atoms with Gasteiger partial charge in [-0.1, -0.05) is 35.4 Å². The lowest BCUT2D eigenvalue weighted by atomic mass is 9.87. The smallest absolute Gasteiger partial charge is 0.243 e. The van der Waals surface area contributed by atoms with Crippen LogP contribution in [0.4, 0.5) is 0 Å². The van der Waals surface area contributed by atoms with Crippen LogP contribution in [0.3, 0.4) is 0 Å². The van der Waals surface area contributed by atoms with Crippen LogP contribution in [-0.4, -0.2) is 36.5 Å². The Morgan fingerprint density at radius 3 is 2.38 bits per heavy atom. The van der Waals surface area contributed by atoms with Crippen LogP contribution in [0.25, 0.3) is 10.9 Å². The second kappa shape index (κ2) is 7.58. The highest BCUT2D eigenvalue weighted by Gasteiger charge is 2.46. The molecule has 0 radical (unpaired) electrons. The molecule has 2 aliphatic heterocycles. The van der Waals surface area contributed by atoms with Gasteiger partial charge in [0.25, 0.3) is 0 Å². The largest absolute Gasteiger partial charge is 0.360 e. The van der Waals surface area contributed by atoms with E-state index >= 15 is 0 Å². The third-order valence-electron chi connectivity index (χ3n) is 6.99. The van der Waals surface area contributed by atoms with Gasteiger partial charge in [0.15, 0.2) is 0 Å². The molecule has 0 bridgehead atoms. The summed E-state index contributed by atoms with van der Waals surface area (Å²) in [6.07, 6.45) is 3.02. The predicted octanol–water partition coefficient (Wildman–Crippen LogP) is 4.83. The van der Waals surface area contributed by atoms with Crippen LogP contribution in [0.5, 0.6) is 0 Å². The molecule has 2 aliphatic rings. The molecule has 0 aliphatic carbocycles. The highest BCUT2D eigenvalue weighted by molar-refractivity contribution is 7.89. The Morgan fingerprint density at radius 2 is 1.72 bits per heavy atom. The van der Waals surface area contributed by atoms with Gasteiger partial charge in [-0.15, -0.1) is 6.58 Å². The normalized spacial score (nSPS) is 21.0. The number of hydrogen-bond donors (Lipinski definition) is 0. The summed E-state index contributed by atoms with van der Waals surface area (Å²) in [4.78, 5) is 0.354. The average Bonchev–Trinajstić information content (AvgIpc) is 3.14. The molecule has 0 N–H and O–H groups in total. The molecule has 0 unspecified atom stereocenters. The topological polar surface area (TPSA) is 51.5 Å². The van der Waals surface area contributed by atoms with Crippen molar-refractivity contribution in [1.82, 2.24) is 8.87 Å². The average molecular weight is 451 g/mol. The van der Waals surface area contributed by atoms with E-state index in [1.807, 2.05) is 25.1 Å². The molecule has 1 saturated heterocycles. The maximum Gasteiger partial charge on any atom is 0.243 e. The maximum absolute atomic E-state index is 13.2. The number of benzene rings is 2. The summed E-state index contributed by atoms with van der Waals surface area (Å²) in [6.45, 7) is 11.8. The van der Waals surface area contributed by atoms with Gasteiger partial charge >= 0.3 is 0 Å². The molecule has 1 spiro atoms. The van der Waals surface area contributed by atoms with Crippen molar-refractivity contribution in [3.8, 4) is 0 Å². The lowest BCUT2D eigenvalue weighted by molar-refractivity contribution is -0.132. The lowest BCUT2D eigenvalue weighted by Crippen LogP contribution is -2.51. The molecular formula is C26H30N2O3S. The Balaban J connectivity index is 1.51. The Hall–Kier alpha value is -2.41. The van der Waals surface area contributed by atoms with E-state index in [-0.39, 0.29) is 6.10 Å². The molecule has 168 valence electrons. The molecule has 5 rings (SSSR count). The molecule has 5 nitrogen and oxygen atoms in total. The van der Waals surface area contributed by atoms with Crippen LogP contribution in [0.1, 0.15) is 35.2 Å². The van der Waals surface area contributed by atoms with Crippen molar-refractivity contribution < 1.29 is 13.2 Å². The minimum absolute atomic E-state index is 0.0981. The van der Waals surface area contributed by atoms with Gasteiger partial charge in [0.2, 0.25) is 10.0 Å². The number of fused-ring (bicyclic) bond motifs is 4. The summed E-state index contributed by atoms with van der Waals surface area (Å²) in [5.41, 5.74) is 5.45. The van der Waals surface area contributed by atoms with Gasteiger partial charge < -0.3 is 9.30 Å². The van der Waals surface area contributed by atoms with E-state index < -0.39 is 15.6 Å². The van der Waals surface area contributed by atoms with Crippen LogP contribution < -0.4 is 0 Å². The Morgan fingerprint density at radius 1 is 1.03 bits per heavy atom. The van der Waals surface area contributed by atoms with E-state index in [9.17, 15) is 8.42 Å². The predicted molar refractivity (Wildman–Crippen MR) is 127 cm³/mol. The van der Waals surface area contributed by atoms with E-state index in [4.69, 9.17) is 4.74 Å². The molecule has 3 aromatic rings. The molecule has 1 fully saturated rings. The van der Waals surface area contributed by atoms with Crippen molar-refractivity contribution in [2.24, 2.45) is 0 Å². The fourth-order valence-electron chi connectivity index (χ4n) is 5.40. The van der Waals surface area contributed by atoms with Gasteiger partial charge in [-0.3, -0.25) is 0 Å². The minimum Gasteiger partial charge on any atom is -0.360 e. The van der Waals surface area contributed by atoms with E-state index in [0.717, 1.165) is 17.8 Å². The van der Waals surface area contributed by atoms with Crippen LogP contribution in [0, 0.1) is 20.8 Å². The quantitative estimate of drug-likeness (QED) is 0.537. The molecule has 1 aromatic heterocycles. The first-order valence-electron chi connectivity index (χ1n) is 11.2. The van der Waals surface area contributed by atoms with Crippen molar-refractivity contribution >= 4 is 20.9 Å². The number of ether oxygens (including phenoxy) is 1. The van der Waals surface area contributed by atoms with E-state index in [2.05, 4.69) is 43.2 Å². The Bertz CT molecular complexity index is 1300. The minimum atomic E-state index is -3.52. The molecular weight excluding hydrogens is 420 g/mol. The molecule has 0 amide bonds. The standard InChI is InChI=1S/C26H30N2O3S/c1-5-22-17-28-24(16-21-15-19(3)14-20(4)25(21)28)26(31-22)10-12-27(13-11-26)32(29,30)23-8-6-18(2)7-9-23/h5-9,14-16,22H,1,10-13,17H2,2-4H3/t22-/m0/s1.